The second-order valence-corrected chi connectivity index (χ2v) is 6.87. The second-order valence-electron chi connectivity index (χ2n) is 6.87. The molecular weight excluding hydrogens is 320 g/mol. The summed E-state index contributed by atoms with van der Waals surface area (Å²) >= 11 is 0. The Hall–Kier alpha value is -2.25. The molecule has 0 bridgehead atoms. The van der Waals surface area contributed by atoms with Crippen LogP contribution in [0.5, 0.6) is 0 Å². The van der Waals surface area contributed by atoms with Crippen LogP contribution in [0.1, 0.15) is 52.7 Å². The third kappa shape index (κ3) is 9.59. The monoisotopic (exact) mass is 352 g/mol. The quantitative estimate of drug-likeness (QED) is 0.424. The van der Waals surface area contributed by atoms with Crippen LogP contribution in [0.2, 0.25) is 0 Å². The fourth-order valence-electron chi connectivity index (χ4n) is 2.15. The zero-order valence-electron chi connectivity index (χ0n) is 16.0. The molecule has 0 spiro atoms. The molecular formula is C17H32N6O2. The molecule has 4 N–H and O–H groups in total. The zero-order valence-corrected chi connectivity index (χ0v) is 16.0. The van der Waals surface area contributed by atoms with Gasteiger partial charge in [-0.3, -0.25) is 10.1 Å². The number of amides is 1. The highest BCUT2D eigenvalue weighted by molar-refractivity contribution is 5.80. The maximum atomic E-state index is 11.9. The molecule has 1 atom stereocenters. The van der Waals surface area contributed by atoms with E-state index in [4.69, 9.17) is 4.74 Å². The number of guanidine groups is 1. The van der Waals surface area contributed by atoms with Crippen molar-refractivity contribution in [3.63, 3.8) is 0 Å². The van der Waals surface area contributed by atoms with Gasteiger partial charge in [0.25, 0.3) is 0 Å². The molecule has 0 fully saturated rings. The van der Waals surface area contributed by atoms with Gasteiger partial charge in [-0.05, 0) is 33.3 Å². The molecule has 1 aromatic rings. The fourth-order valence-corrected chi connectivity index (χ4v) is 2.15. The normalized spacial score (nSPS) is 13.2. The predicted octanol–water partition coefficient (Wildman–Crippen LogP) is 2.16. The zero-order chi connectivity index (χ0) is 18.7. The predicted molar refractivity (Wildman–Crippen MR) is 99.5 cm³/mol. The molecule has 25 heavy (non-hydrogen) atoms. The number of alkyl carbamates (subject to hydrolysis) is 1. The van der Waals surface area contributed by atoms with Crippen molar-refractivity contribution in [1.29, 1.82) is 0 Å². The van der Waals surface area contributed by atoms with Crippen LogP contribution in [-0.2, 0) is 11.3 Å². The highest BCUT2D eigenvalue weighted by Gasteiger charge is 2.18. The minimum Gasteiger partial charge on any atom is -0.444 e. The summed E-state index contributed by atoms with van der Waals surface area (Å²) in [4.78, 5) is 16.1. The Labute approximate surface area is 150 Å². The maximum Gasteiger partial charge on any atom is 0.407 e. The van der Waals surface area contributed by atoms with Gasteiger partial charge in [-0.25, -0.2) is 4.79 Å². The Morgan fingerprint density at radius 1 is 1.40 bits per heavy atom. The third-order valence-electron chi connectivity index (χ3n) is 3.37. The summed E-state index contributed by atoms with van der Waals surface area (Å²) in [5.74, 6) is 0.682. The summed E-state index contributed by atoms with van der Waals surface area (Å²) in [7, 11) is 1.72. The van der Waals surface area contributed by atoms with Crippen molar-refractivity contribution >= 4 is 12.1 Å². The van der Waals surface area contributed by atoms with E-state index in [0.717, 1.165) is 25.0 Å². The number of hydrogen-bond acceptors (Lipinski definition) is 4. The van der Waals surface area contributed by atoms with Gasteiger partial charge in [0.2, 0.25) is 0 Å². The van der Waals surface area contributed by atoms with E-state index in [1.807, 2.05) is 26.8 Å². The summed E-state index contributed by atoms with van der Waals surface area (Å²) in [6.07, 6.45) is 4.38. The van der Waals surface area contributed by atoms with Crippen LogP contribution >= 0.6 is 0 Å². The largest absolute Gasteiger partial charge is 0.444 e. The summed E-state index contributed by atoms with van der Waals surface area (Å²) in [6, 6.07) is 1.97. The van der Waals surface area contributed by atoms with E-state index in [1.54, 1.807) is 13.2 Å². The summed E-state index contributed by atoms with van der Waals surface area (Å²) in [6.45, 7) is 8.75. The van der Waals surface area contributed by atoms with E-state index in [2.05, 4.69) is 38.1 Å². The molecule has 1 unspecified atom stereocenters. The number of carbonyl (C=O) groups excluding carboxylic acids is 1. The van der Waals surface area contributed by atoms with Gasteiger partial charge in [-0.2, -0.15) is 5.10 Å². The maximum absolute atomic E-state index is 11.9. The Kier molecular flexibility index (Phi) is 8.80. The van der Waals surface area contributed by atoms with Crippen LogP contribution in [0.15, 0.2) is 17.3 Å². The molecule has 142 valence electrons. The van der Waals surface area contributed by atoms with E-state index < -0.39 is 11.7 Å². The molecule has 0 aliphatic carbocycles. The van der Waals surface area contributed by atoms with Gasteiger partial charge in [0.05, 0.1) is 12.2 Å². The lowest BCUT2D eigenvalue weighted by Crippen LogP contribution is -2.48. The number of aromatic nitrogens is 2. The average molecular weight is 352 g/mol. The average Bonchev–Trinajstić information content (AvgIpc) is 3.05. The van der Waals surface area contributed by atoms with Gasteiger partial charge in [0.15, 0.2) is 5.96 Å². The van der Waals surface area contributed by atoms with Crippen LogP contribution in [0.3, 0.4) is 0 Å². The van der Waals surface area contributed by atoms with E-state index in [1.165, 1.54) is 0 Å². The van der Waals surface area contributed by atoms with Gasteiger partial charge in [-0.15, -0.1) is 0 Å². The summed E-state index contributed by atoms with van der Waals surface area (Å²) in [5.41, 5.74) is 0.470. The smallest absolute Gasteiger partial charge is 0.407 e. The molecule has 1 amide bonds. The standard InChI is InChI=1S/C17H32N6O2/c1-6-7-8-13(11-20-16(24)25-17(2,3)4)22-15(18-5)19-12-14-9-10-21-23-14/h9-10,13H,6-8,11-12H2,1-5H3,(H,20,24)(H,21,23)(H2,18,19,22). The summed E-state index contributed by atoms with van der Waals surface area (Å²) < 4.78 is 5.29. The Balaban J connectivity index is 2.50. The number of nitrogens with one attached hydrogen (secondary N) is 4. The minimum absolute atomic E-state index is 0.0698. The second kappa shape index (κ2) is 10.6. The van der Waals surface area contributed by atoms with Crippen molar-refractivity contribution < 1.29 is 9.53 Å². The first-order valence-electron chi connectivity index (χ1n) is 8.76. The van der Waals surface area contributed by atoms with Crippen molar-refractivity contribution in [3.8, 4) is 0 Å². The number of aromatic amines is 1. The molecule has 8 nitrogen and oxygen atoms in total. The van der Waals surface area contributed by atoms with Crippen molar-refractivity contribution in [1.82, 2.24) is 26.1 Å². The van der Waals surface area contributed by atoms with Crippen LogP contribution in [0.25, 0.3) is 0 Å². The molecule has 1 aromatic heterocycles. The van der Waals surface area contributed by atoms with Crippen molar-refractivity contribution in [2.45, 2.75) is 65.1 Å². The first-order chi connectivity index (χ1) is 11.8. The molecule has 8 heteroatoms. The SMILES string of the molecule is CCCCC(CNC(=O)OC(C)(C)C)NC(=NC)NCc1ccn[nH]1. The lowest BCUT2D eigenvalue weighted by molar-refractivity contribution is 0.0523. The lowest BCUT2D eigenvalue weighted by atomic mass is 10.1. The highest BCUT2D eigenvalue weighted by atomic mass is 16.6. The van der Waals surface area contributed by atoms with Crippen LogP contribution < -0.4 is 16.0 Å². The number of ether oxygens (including phenoxy) is 1. The van der Waals surface area contributed by atoms with Gasteiger partial charge in [-0.1, -0.05) is 19.8 Å². The molecule has 1 rings (SSSR count). The Morgan fingerprint density at radius 2 is 2.16 bits per heavy atom. The van der Waals surface area contributed by atoms with Crippen molar-refractivity contribution in [2.24, 2.45) is 4.99 Å². The molecule has 0 radical (unpaired) electrons. The number of rotatable bonds is 8. The number of aliphatic imine (C=N–C) groups is 1. The van der Waals surface area contributed by atoms with E-state index in [9.17, 15) is 4.79 Å². The number of nitrogens with zero attached hydrogens (tertiary/aromatic N) is 2. The lowest BCUT2D eigenvalue weighted by Gasteiger charge is -2.24. The Morgan fingerprint density at radius 3 is 2.72 bits per heavy atom. The van der Waals surface area contributed by atoms with Gasteiger partial charge in [0, 0.05) is 25.8 Å². The first kappa shape index (κ1) is 20.8. The number of hydrogen-bond donors (Lipinski definition) is 4. The van der Waals surface area contributed by atoms with Crippen LogP contribution in [0.4, 0.5) is 4.79 Å². The topological polar surface area (TPSA) is 103 Å². The van der Waals surface area contributed by atoms with E-state index in [0.29, 0.717) is 19.0 Å². The highest BCUT2D eigenvalue weighted by Crippen LogP contribution is 2.07. The van der Waals surface area contributed by atoms with Crippen LogP contribution in [-0.4, -0.2) is 47.5 Å². The number of unbranched alkanes of at least 4 members (excludes halogenated alkanes) is 1. The molecule has 0 aliphatic heterocycles. The van der Waals surface area contributed by atoms with Gasteiger partial charge < -0.3 is 20.7 Å². The molecule has 0 aromatic carbocycles. The molecule has 1 heterocycles. The Bertz CT molecular complexity index is 522. The first-order valence-corrected chi connectivity index (χ1v) is 8.76. The van der Waals surface area contributed by atoms with E-state index >= 15 is 0 Å². The molecule has 0 aliphatic rings. The minimum atomic E-state index is -0.502. The molecule has 0 saturated heterocycles. The van der Waals surface area contributed by atoms with E-state index in [-0.39, 0.29) is 6.04 Å². The number of carbonyl (C=O) groups is 1. The summed E-state index contributed by atoms with van der Waals surface area (Å²) in [5, 5.41) is 16.2. The third-order valence-corrected chi connectivity index (χ3v) is 3.37. The van der Waals surface area contributed by atoms with Gasteiger partial charge in [0.1, 0.15) is 5.60 Å². The van der Waals surface area contributed by atoms with Gasteiger partial charge >= 0.3 is 6.09 Å². The van der Waals surface area contributed by atoms with Crippen molar-refractivity contribution in [2.75, 3.05) is 13.6 Å². The van der Waals surface area contributed by atoms with Crippen LogP contribution in [0, 0.1) is 0 Å². The number of H-pyrrole nitrogens is 1. The molecule has 0 saturated carbocycles. The fraction of sp³-hybridized carbons (Fsp3) is 0.706. The van der Waals surface area contributed by atoms with Crippen molar-refractivity contribution in [3.05, 3.63) is 18.0 Å².